The van der Waals surface area contributed by atoms with Gasteiger partial charge in [0.05, 0.1) is 21.3 Å². The van der Waals surface area contributed by atoms with Gasteiger partial charge in [0.25, 0.3) is 0 Å². The predicted molar refractivity (Wildman–Crippen MR) is 83.6 cm³/mol. The van der Waals surface area contributed by atoms with Gasteiger partial charge in [-0.25, -0.2) is 0 Å². The number of ether oxygens (including phenoxy) is 3. The number of methoxy groups -OCH3 is 3. The van der Waals surface area contributed by atoms with Crippen LogP contribution in [0.15, 0.2) is 23.5 Å². The monoisotopic (exact) mass is 318 g/mol. The number of ketones is 2. The Morgan fingerprint density at radius 2 is 1.65 bits per heavy atom. The van der Waals surface area contributed by atoms with Gasteiger partial charge in [0.1, 0.15) is 5.75 Å². The molecule has 0 radical (unpaired) electrons. The molecule has 1 aromatic carbocycles. The van der Waals surface area contributed by atoms with Crippen molar-refractivity contribution < 1.29 is 28.9 Å². The van der Waals surface area contributed by atoms with Crippen molar-refractivity contribution in [3.05, 3.63) is 34.6 Å². The average Bonchev–Trinajstić information content (AvgIpc) is 2.53. The number of phenols is 1. The second kappa shape index (κ2) is 6.16. The third kappa shape index (κ3) is 2.56. The van der Waals surface area contributed by atoms with Crippen molar-refractivity contribution in [2.24, 2.45) is 0 Å². The fourth-order valence-corrected chi connectivity index (χ4v) is 2.68. The first-order valence-electron chi connectivity index (χ1n) is 6.87. The number of hydrogen-bond donors (Lipinski definition) is 1. The van der Waals surface area contributed by atoms with Gasteiger partial charge in [-0.3, -0.25) is 9.59 Å². The van der Waals surface area contributed by atoms with E-state index in [1.807, 2.05) is 0 Å². The molecule has 0 atom stereocenters. The number of phenolic OH excluding ortho intramolecular Hbond substituents is 1. The van der Waals surface area contributed by atoms with E-state index < -0.39 is 11.6 Å². The zero-order valence-corrected chi connectivity index (χ0v) is 13.6. The highest BCUT2D eigenvalue weighted by molar-refractivity contribution is 6.37. The zero-order chi connectivity index (χ0) is 17.3. The van der Waals surface area contributed by atoms with Gasteiger partial charge in [0, 0.05) is 34.4 Å². The fraction of sp³-hybridized carbons (Fsp3) is 0.294. The molecule has 6 nitrogen and oxygen atoms in total. The maximum atomic E-state index is 12.4. The number of hydrogen-bond acceptors (Lipinski definition) is 6. The summed E-state index contributed by atoms with van der Waals surface area (Å²) < 4.78 is 15.4. The number of aromatic hydroxyl groups is 1. The van der Waals surface area contributed by atoms with Gasteiger partial charge in [-0.1, -0.05) is 0 Å². The van der Waals surface area contributed by atoms with E-state index in [1.54, 1.807) is 6.92 Å². The van der Waals surface area contributed by atoms with Crippen molar-refractivity contribution in [2.75, 3.05) is 21.3 Å². The number of benzene rings is 1. The minimum absolute atomic E-state index is 0.0196. The molecular formula is C17H18O6. The lowest BCUT2D eigenvalue weighted by molar-refractivity contribution is -0.117. The lowest BCUT2D eigenvalue weighted by atomic mass is 9.86. The standard InChI is InChI=1S/C17H18O6/c1-8-14(10(18)6-12(21-3)16(8)20)15-9(2)17(23-5)13(22-4)7-11(15)19/h6-7,19H,1-5H3. The molecule has 0 unspecified atom stereocenters. The van der Waals surface area contributed by atoms with Crippen LogP contribution in [0, 0.1) is 6.92 Å². The van der Waals surface area contributed by atoms with Gasteiger partial charge >= 0.3 is 0 Å². The van der Waals surface area contributed by atoms with Crippen LogP contribution in [0.2, 0.25) is 0 Å². The van der Waals surface area contributed by atoms with E-state index in [4.69, 9.17) is 14.2 Å². The molecule has 122 valence electrons. The van der Waals surface area contributed by atoms with Crippen LogP contribution in [0.5, 0.6) is 17.2 Å². The van der Waals surface area contributed by atoms with E-state index in [1.165, 1.54) is 34.3 Å². The molecule has 1 aromatic rings. The van der Waals surface area contributed by atoms with Gasteiger partial charge < -0.3 is 19.3 Å². The average molecular weight is 318 g/mol. The molecule has 23 heavy (non-hydrogen) atoms. The molecule has 0 aromatic heterocycles. The first kappa shape index (κ1) is 16.6. The molecule has 1 aliphatic rings. The Hall–Kier alpha value is -2.76. The van der Waals surface area contributed by atoms with Crippen molar-refractivity contribution in [2.45, 2.75) is 13.8 Å². The molecule has 0 amide bonds. The van der Waals surface area contributed by atoms with Crippen molar-refractivity contribution in [1.82, 2.24) is 0 Å². The van der Waals surface area contributed by atoms with Crippen molar-refractivity contribution in [1.29, 1.82) is 0 Å². The minimum Gasteiger partial charge on any atom is -0.507 e. The van der Waals surface area contributed by atoms with Crippen LogP contribution in [-0.4, -0.2) is 38.0 Å². The Morgan fingerprint density at radius 3 is 2.17 bits per heavy atom. The number of Topliss-reactive ketones (excluding diaryl/α,β-unsaturated/α-hetero) is 1. The van der Waals surface area contributed by atoms with Crippen LogP contribution in [0.25, 0.3) is 5.57 Å². The molecule has 0 heterocycles. The maximum absolute atomic E-state index is 12.4. The summed E-state index contributed by atoms with van der Waals surface area (Å²) in [7, 11) is 4.24. The van der Waals surface area contributed by atoms with E-state index in [-0.39, 0.29) is 28.2 Å². The van der Waals surface area contributed by atoms with Crippen LogP contribution in [0.4, 0.5) is 0 Å². The minimum atomic E-state index is -0.412. The SMILES string of the molecule is COC1=CC(=O)C(c2c(O)cc(OC)c(OC)c2C)=C(C)C1=O. The zero-order valence-electron chi connectivity index (χ0n) is 13.6. The fourth-order valence-electron chi connectivity index (χ4n) is 2.68. The Bertz CT molecular complexity index is 755. The van der Waals surface area contributed by atoms with Crippen LogP contribution in [0.3, 0.4) is 0 Å². The summed E-state index contributed by atoms with van der Waals surface area (Å²) in [5.41, 5.74) is 1.10. The highest BCUT2D eigenvalue weighted by atomic mass is 16.5. The molecule has 0 saturated heterocycles. The first-order chi connectivity index (χ1) is 10.9. The molecule has 0 saturated carbocycles. The predicted octanol–water partition coefficient (Wildman–Crippen LogP) is 2.17. The summed E-state index contributed by atoms with van der Waals surface area (Å²) in [6, 6.07) is 1.36. The van der Waals surface area contributed by atoms with Gasteiger partial charge in [0.2, 0.25) is 5.78 Å². The van der Waals surface area contributed by atoms with Gasteiger partial charge in [-0.05, 0) is 13.8 Å². The summed E-state index contributed by atoms with van der Waals surface area (Å²) >= 11 is 0. The van der Waals surface area contributed by atoms with Gasteiger partial charge in [-0.15, -0.1) is 0 Å². The Labute approximate surface area is 134 Å². The Balaban J connectivity index is 2.75. The molecule has 1 aliphatic carbocycles. The second-order valence-electron chi connectivity index (χ2n) is 5.04. The highest BCUT2D eigenvalue weighted by Gasteiger charge is 2.31. The number of rotatable bonds is 4. The number of carbonyl (C=O) groups is 2. The number of allylic oxidation sites excluding steroid dienone is 3. The normalized spacial score (nSPS) is 14.7. The maximum Gasteiger partial charge on any atom is 0.224 e. The molecular weight excluding hydrogens is 300 g/mol. The lowest BCUT2D eigenvalue weighted by Gasteiger charge is -2.20. The van der Waals surface area contributed by atoms with Crippen LogP contribution in [0.1, 0.15) is 18.1 Å². The van der Waals surface area contributed by atoms with E-state index >= 15 is 0 Å². The van der Waals surface area contributed by atoms with E-state index in [9.17, 15) is 14.7 Å². The lowest BCUT2D eigenvalue weighted by Crippen LogP contribution is -2.19. The van der Waals surface area contributed by atoms with E-state index in [0.29, 0.717) is 17.1 Å². The quantitative estimate of drug-likeness (QED) is 0.857. The molecule has 6 heteroatoms. The van der Waals surface area contributed by atoms with E-state index in [0.717, 1.165) is 6.08 Å². The summed E-state index contributed by atoms with van der Waals surface area (Å²) in [4.78, 5) is 24.7. The second-order valence-corrected chi connectivity index (χ2v) is 5.04. The third-order valence-electron chi connectivity index (χ3n) is 3.81. The van der Waals surface area contributed by atoms with Crippen molar-refractivity contribution >= 4 is 17.1 Å². The summed E-state index contributed by atoms with van der Waals surface area (Å²) in [5.74, 6) is -0.256. The van der Waals surface area contributed by atoms with Crippen LogP contribution in [-0.2, 0) is 14.3 Å². The first-order valence-corrected chi connectivity index (χ1v) is 6.87. The molecule has 0 fully saturated rings. The highest BCUT2D eigenvalue weighted by Crippen LogP contribution is 2.43. The van der Waals surface area contributed by atoms with Crippen molar-refractivity contribution in [3.63, 3.8) is 0 Å². The molecule has 2 rings (SSSR count). The molecule has 1 N–H and O–H groups in total. The van der Waals surface area contributed by atoms with Crippen LogP contribution < -0.4 is 9.47 Å². The molecule has 0 bridgehead atoms. The Kier molecular flexibility index (Phi) is 4.45. The largest absolute Gasteiger partial charge is 0.507 e. The third-order valence-corrected chi connectivity index (χ3v) is 3.81. The summed E-state index contributed by atoms with van der Waals surface area (Å²) in [5, 5.41) is 10.3. The molecule has 0 aliphatic heterocycles. The van der Waals surface area contributed by atoms with Gasteiger partial charge in [-0.2, -0.15) is 0 Å². The molecule has 0 spiro atoms. The summed E-state index contributed by atoms with van der Waals surface area (Å²) in [6.45, 7) is 3.21. The summed E-state index contributed by atoms with van der Waals surface area (Å²) in [6.07, 6.45) is 1.13. The van der Waals surface area contributed by atoms with Crippen molar-refractivity contribution in [3.8, 4) is 17.2 Å². The Morgan fingerprint density at radius 1 is 1.00 bits per heavy atom. The van der Waals surface area contributed by atoms with E-state index in [2.05, 4.69) is 0 Å². The smallest absolute Gasteiger partial charge is 0.224 e. The number of carbonyl (C=O) groups excluding carboxylic acids is 2. The van der Waals surface area contributed by atoms with Crippen LogP contribution >= 0.6 is 0 Å². The van der Waals surface area contributed by atoms with Gasteiger partial charge in [0.15, 0.2) is 23.0 Å². The topological polar surface area (TPSA) is 82.1 Å².